The highest BCUT2D eigenvalue weighted by Gasteiger charge is 2.45. The molecule has 3 aliphatic rings. The molecule has 0 radical (unpaired) electrons. The Morgan fingerprint density at radius 3 is 2.17 bits per heavy atom. The molecule has 1 saturated heterocycles. The van der Waals surface area contributed by atoms with Crippen LogP contribution in [0.3, 0.4) is 0 Å². The zero-order valence-electron chi connectivity index (χ0n) is 58.5. The van der Waals surface area contributed by atoms with Crippen molar-refractivity contribution in [3.8, 4) is 28.2 Å². The fourth-order valence-electron chi connectivity index (χ4n) is 11.4. The molecule has 1 unspecified atom stereocenters. The Hall–Kier alpha value is -10.3. The number of non-ortho nitro benzene ring substituents is 1. The number of carbonyl (C=O) groups excluding carboxylic acids is 4. The van der Waals surface area contributed by atoms with Crippen LogP contribution in [0.5, 0.6) is 5.75 Å². The predicted octanol–water partition coefficient (Wildman–Crippen LogP) is 7.75. The van der Waals surface area contributed by atoms with E-state index in [9.17, 15) is 54.8 Å². The summed E-state index contributed by atoms with van der Waals surface area (Å²) in [7, 11) is 11.1. The second kappa shape index (κ2) is 37.0. The minimum atomic E-state index is -1.73. The fraction of sp³-hybridized carbons (Fsp3) is 0.411. The van der Waals surface area contributed by atoms with Crippen molar-refractivity contribution in [1.82, 2.24) is 30.2 Å². The third-order valence-electron chi connectivity index (χ3n) is 17.3. The summed E-state index contributed by atoms with van der Waals surface area (Å²) in [4.78, 5) is 66.9. The highest BCUT2D eigenvalue weighted by Crippen LogP contribution is 2.43. The van der Waals surface area contributed by atoms with Gasteiger partial charge < -0.3 is 78.9 Å². The predicted molar refractivity (Wildman–Crippen MR) is 379 cm³/mol. The molecule has 30 heteroatoms. The first-order valence-electron chi connectivity index (χ1n) is 33.8. The Bertz CT molecular complexity index is 4330. The van der Waals surface area contributed by atoms with Crippen LogP contribution in [0.25, 0.3) is 33.4 Å². The molecule has 1 aliphatic carbocycles. The summed E-state index contributed by atoms with van der Waals surface area (Å²) in [5.74, 6) is -1.27. The molecule has 6 atom stereocenters. The van der Waals surface area contributed by atoms with E-state index in [0.29, 0.717) is 113 Å². The molecule has 546 valence electrons. The van der Waals surface area contributed by atoms with Gasteiger partial charge in [0.05, 0.1) is 93.3 Å². The molecular weight excluding hydrogens is 1330 g/mol. The number of aryl methyl sites for hydroxylation is 1. The zero-order chi connectivity index (χ0) is 73.7. The number of unbranched alkanes of at least 4 members (excludes halogenated alkanes) is 4. The number of azo groups is 2. The number of nitro benzene ring substituents is 1. The number of nitrogens with zero attached hydrogens (tertiary/aromatic N) is 11. The number of ketones is 1. The van der Waals surface area contributed by atoms with Gasteiger partial charge >= 0.3 is 0 Å². The van der Waals surface area contributed by atoms with Gasteiger partial charge in [-0.2, -0.15) is 15.3 Å². The standard InChI is InChI=1S/C73H87N13O17/c1-45-36-60(80-77-48-19-23-51(24-20-48)86(96)97)63(98-7)41-59(45)79-76-47-17-21-50(22-18-47)84(6)31-13-15-65(89)75-42-49-43-85(81-78-49)32-33-99-34-35-100-66(103-73-70(92)69(91)68(90)64(44-87)102-73)40-54(88)14-11-9-8-10-12-30-74-71(93)46-16-27-55(58(37-46)72(94)95)67-56-28-25-52(82(2)3)38-61(56)101-62-39-53(83(4)5)26-29-57(62)67/h16-29,36-39,41,43,64,66,68-70,73,87,90-92H,8-15,30-35,40,42,44H2,1-7H3,(H2-,74,75,89,93,94,95)/t64-,66?,68-,69+,70-,73-/m1/s1. The van der Waals surface area contributed by atoms with E-state index in [4.69, 9.17) is 28.1 Å². The summed E-state index contributed by atoms with van der Waals surface area (Å²) in [6.07, 6.45) is -3.35. The first-order valence-corrected chi connectivity index (χ1v) is 33.8. The average Bonchev–Trinajstić information content (AvgIpc) is 0.915. The zero-order valence-corrected chi connectivity index (χ0v) is 58.5. The lowest BCUT2D eigenvalue weighted by Crippen LogP contribution is -2.59. The third-order valence-corrected chi connectivity index (χ3v) is 17.3. The lowest BCUT2D eigenvalue weighted by atomic mass is 9.89. The molecule has 6 N–H and O–H groups in total. The van der Waals surface area contributed by atoms with Gasteiger partial charge in [-0.25, -0.2) is 9.26 Å². The van der Waals surface area contributed by atoms with Crippen molar-refractivity contribution < 1.29 is 77.7 Å². The normalized spacial score (nSPS) is 16.3. The summed E-state index contributed by atoms with van der Waals surface area (Å²) < 4.78 is 38.5. The summed E-state index contributed by atoms with van der Waals surface area (Å²) in [5.41, 5.74) is 7.46. The Kier molecular flexibility index (Phi) is 27.6. The van der Waals surface area contributed by atoms with E-state index in [0.717, 1.165) is 35.1 Å². The van der Waals surface area contributed by atoms with E-state index in [-0.39, 0.29) is 74.1 Å². The second-order valence-corrected chi connectivity index (χ2v) is 25.2. The number of ether oxygens (including phenoxy) is 5. The van der Waals surface area contributed by atoms with Crippen LogP contribution in [0.15, 0.2) is 146 Å². The number of carboxylic acid groups (broad SMARTS) is 1. The monoisotopic (exact) mass is 1420 g/mol. The van der Waals surface area contributed by atoms with Gasteiger partial charge in [-0.15, -0.1) is 10.2 Å². The Balaban J connectivity index is 0.663. The molecule has 2 amide bonds. The van der Waals surface area contributed by atoms with E-state index in [2.05, 4.69) is 41.4 Å². The van der Waals surface area contributed by atoms with Gasteiger partial charge in [-0.3, -0.25) is 24.5 Å². The van der Waals surface area contributed by atoms with Crippen LogP contribution in [0.4, 0.5) is 39.8 Å². The van der Waals surface area contributed by atoms with E-state index in [1.54, 1.807) is 35.1 Å². The number of methoxy groups -OCH3 is 1. The maximum Gasteiger partial charge on any atom is 0.269 e. The minimum Gasteiger partial charge on any atom is -0.545 e. The highest BCUT2D eigenvalue weighted by atomic mass is 16.8. The quantitative estimate of drug-likeness (QED) is 0.00412. The molecule has 0 saturated carbocycles. The Morgan fingerprint density at radius 2 is 1.47 bits per heavy atom. The number of fused-ring (bicyclic) bond motifs is 2. The van der Waals surface area contributed by atoms with Crippen LogP contribution in [-0.4, -0.2) is 183 Å². The number of nitrogens with one attached hydrogen (secondary N) is 2. The number of aliphatic hydroxyl groups excluding tert-OH is 4. The SMILES string of the molecule is COc1cc(N=Nc2ccc(N(C)CCCC(=O)NCc3cn(CCOCCOC(CC(=O)CCCCCCCNC(=O)c4ccc(-c5c6ccc(=[N+](C)C)cc-6oc6cc(N(C)C)ccc56)c(C(=O)[O-])c4)O[C@H]4O[C@H](CO)[C@@H](O)[C@H](O)[C@H]4O)nn3)cc2)c(C)cc1N=Nc1ccc([N+](=O)[O-])cc1. The third kappa shape index (κ3) is 21.2. The lowest BCUT2D eigenvalue weighted by molar-refractivity contribution is -0.384. The summed E-state index contributed by atoms with van der Waals surface area (Å²) >= 11 is 0. The molecule has 9 rings (SSSR count). The maximum atomic E-state index is 13.4. The molecule has 1 fully saturated rings. The Morgan fingerprint density at radius 1 is 0.757 bits per heavy atom. The first kappa shape index (κ1) is 76.9. The number of nitro groups is 1. The van der Waals surface area contributed by atoms with Crippen molar-refractivity contribution in [2.24, 2.45) is 20.5 Å². The number of benzene rings is 6. The molecule has 0 spiro atoms. The van der Waals surface area contributed by atoms with Gasteiger partial charge in [0.2, 0.25) is 11.3 Å². The topological polar surface area (TPSA) is 388 Å². The second-order valence-electron chi connectivity index (χ2n) is 25.2. The number of amides is 2. The van der Waals surface area contributed by atoms with Gasteiger partial charge in [0, 0.05) is 116 Å². The summed E-state index contributed by atoms with van der Waals surface area (Å²) in [6, 6.07) is 32.7. The average molecular weight is 1420 g/mol. The number of Topliss-reactive ketones (excluding diaryl/α,β-unsaturated/α-hetero) is 1. The van der Waals surface area contributed by atoms with Crippen molar-refractivity contribution in [3.63, 3.8) is 0 Å². The molecule has 30 nitrogen and oxygen atoms in total. The summed E-state index contributed by atoms with van der Waals surface area (Å²) in [6.45, 7) is 2.76. The number of hydrogen-bond donors (Lipinski definition) is 6. The molecule has 0 bridgehead atoms. The molecule has 103 heavy (non-hydrogen) atoms. The van der Waals surface area contributed by atoms with E-state index in [1.165, 1.54) is 37.4 Å². The molecule has 6 aromatic rings. The van der Waals surface area contributed by atoms with Gasteiger partial charge in [-0.05, 0) is 110 Å². The van der Waals surface area contributed by atoms with Crippen molar-refractivity contribution in [1.29, 1.82) is 0 Å². The smallest absolute Gasteiger partial charge is 0.269 e. The van der Waals surface area contributed by atoms with Crippen LogP contribution in [0, 0.1) is 17.0 Å². The molecule has 5 aromatic carbocycles. The fourth-order valence-corrected chi connectivity index (χ4v) is 11.4. The first-order chi connectivity index (χ1) is 49.6. The van der Waals surface area contributed by atoms with Crippen LogP contribution in [0.2, 0.25) is 0 Å². The maximum absolute atomic E-state index is 13.4. The number of anilines is 2. The van der Waals surface area contributed by atoms with Crippen molar-refractivity contribution in [2.45, 2.75) is 115 Å². The van der Waals surface area contributed by atoms with Gasteiger partial charge in [0.25, 0.3) is 11.6 Å². The van der Waals surface area contributed by atoms with Crippen LogP contribution >= 0.6 is 0 Å². The van der Waals surface area contributed by atoms with Crippen LogP contribution in [0.1, 0.15) is 89.8 Å². The van der Waals surface area contributed by atoms with Crippen molar-refractivity contribution in [3.05, 3.63) is 159 Å². The number of aromatic nitrogens is 3. The number of aliphatic hydroxyl groups is 4. The van der Waals surface area contributed by atoms with Crippen molar-refractivity contribution in [2.75, 3.05) is 91.7 Å². The minimum absolute atomic E-state index is 0.0462. The largest absolute Gasteiger partial charge is 0.545 e. The number of hydrogen-bond acceptors (Lipinski definition) is 25. The van der Waals surface area contributed by atoms with Gasteiger partial charge in [0.15, 0.2) is 12.6 Å². The van der Waals surface area contributed by atoms with Crippen LogP contribution in [-0.2, 0) is 41.6 Å². The molecule has 1 aromatic heterocycles. The lowest BCUT2D eigenvalue weighted by Gasteiger charge is -2.40. The molecular formula is C73H87N13O17. The van der Waals surface area contributed by atoms with Gasteiger partial charge in [0.1, 0.15) is 72.8 Å². The number of aromatic carboxylic acids is 1. The number of carboxylic acids is 1. The Labute approximate surface area is 594 Å². The number of rotatable bonds is 37. The highest BCUT2D eigenvalue weighted by molar-refractivity contribution is 6.09. The summed E-state index contributed by atoms with van der Waals surface area (Å²) in [5, 5.41) is 98.0. The molecule has 2 aliphatic heterocycles. The van der Waals surface area contributed by atoms with Crippen LogP contribution < -0.4 is 40.2 Å². The van der Waals surface area contributed by atoms with E-state index < -0.39 is 60.4 Å². The van der Waals surface area contributed by atoms with E-state index in [1.807, 2.05) is 117 Å². The van der Waals surface area contributed by atoms with Gasteiger partial charge in [-0.1, -0.05) is 30.5 Å². The van der Waals surface area contributed by atoms with Crippen molar-refractivity contribution >= 4 is 74.3 Å². The molecule has 3 heterocycles. The number of carbonyl (C=O) groups is 4. The van der Waals surface area contributed by atoms with E-state index >= 15 is 0 Å².